The molecule has 0 saturated heterocycles. The fraction of sp³-hybridized carbons (Fsp3) is 0.111. The van der Waals surface area contributed by atoms with Crippen LogP contribution in [0, 0.1) is 0 Å². The van der Waals surface area contributed by atoms with E-state index in [1.807, 2.05) is 67.7 Å². The first kappa shape index (κ1) is 14.8. The molecule has 0 radical (unpaired) electrons. The minimum Gasteiger partial charge on any atom is -0.489 e. The van der Waals surface area contributed by atoms with Crippen LogP contribution in [0.1, 0.15) is 5.56 Å². The SMILES string of the molecule is CNc1cc(Nc2ccc(OCc3ccccc3)cc2)ncn1. The van der Waals surface area contributed by atoms with Crippen LogP contribution in [0.5, 0.6) is 5.75 Å². The summed E-state index contributed by atoms with van der Waals surface area (Å²) in [6, 6.07) is 19.7. The van der Waals surface area contributed by atoms with Gasteiger partial charge in [0, 0.05) is 18.8 Å². The number of hydrogen-bond acceptors (Lipinski definition) is 5. The highest BCUT2D eigenvalue weighted by molar-refractivity contribution is 5.59. The fourth-order valence-corrected chi connectivity index (χ4v) is 2.09. The first-order valence-corrected chi connectivity index (χ1v) is 7.37. The Bertz CT molecular complexity index is 744. The van der Waals surface area contributed by atoms with E-state index in [2.05, 4.69) is 20.6 Å². The molecule has 5 heteroatoms. The molecule has 1 heterocycles. The minimum absolute atomic E-state index is 0.561. The molecule has 0 aliphatic carbocycles. The molecule has 0 spiro atoms. The lowest BCUT2D eigenvalue weighted by molar-refractivity contribution is 0.306. The number of ether oxygens (including phenoxy) is 1. The Morgan fingerprint density at radius 2 is 1.65 bits per heavy atom. The minimum atomic E-state index is 0.561. The van der Waals surface area contributed by atoms with Crippen molar-refractivity contribution in [2.75, 3.05) is 17.7 Å². The molecule has 23 heavy (non-hydrogen) atoms. The van der Waals surface area contributed by atoms with Crippen LogP contribution >= 0.6 is 0 Å². The molecule has 0 unspecified atom stereocenters. The molecule has 5 nitrogen and oxygen atoms in total. The van der Waals surface area contributed by atoms with E-state index in [0.29, 0.717) is 6.61 Å². The molecular formula is C18H18N4O. The zero-order valence-corrected chi connectivity index (χ0v) is 12.9. The first-order valence-electron chi connectivity index (χ1n) is 7.37. The average molecular weight is 306 g/mol. The lowest BCUT2D eigenvalue weighted by atomic mass is 10.2. The van der Waals surface area contributed by atoms with E-state index in [1.165, 1.54) is 6.33 Å². The molecule has 0 amide bonds. The van der Waals surface area contributed by atoms with Crippen LogP contribution in [0.2, 0.25) is 0 Å². The molecule has 0 aliphatic heterocycles. The van der Waals surface area contributed by atoms with Gasteiger partial charge in [-0.1, -0.05) is 30.3 Å². The summed E-state index contributed by atoms with van der Waals surface area (Å²) in [5, 5.41) is 6.22. The van der Waals surface area contributed by atoms with Gasteiger partial charge < -0.3 is 15.4 Å². The van der Waals surface area contributed by atoms with Crippen molar-refractivity contribution in [3.63, 3.8) is 0 Å². The predicted octanol–water partition coefficient (Wildman–Crippen LogP) is 3.84. The average Bonchev–Trinajstić information content (AvgIpc) is 2.62. The summed E-state index contributed by atoms with van der Waals surface area (Å²) in [6.07, 6.45) is 1.52. The third-order valence-corrected chi connectivity index (χ3v) is 3.30. The van der Waals surface area contributed by atoms with Gasteiger partial charge in [0.25, 0.3) is 0 Å². The molecule has 1 aromatic heterocycles. The second kappa shape index (κ2) is 7.26. The summed E-state index contributed by atoms with van der Waals surface area (Å²) >= 11 is 0. The van der Waals surface area contributed by atoms with Gasteiger partial charge in [-0.25, -0.2) is 9.97 Å². The lowest BCUT2D eigenvalue weighted by Gasteiger charge is -2.09. The van der Waals surface area contributed by atoms with Crippen molar-refractivity contribution in [3.05, 3.63) is 72.6 Å². The maximum absolute atomic E-state index is 5.77. The van der Waals surface area contributed by atoms with E-state index in [1.54, 1.807) is 0 Å². The van der Waals surface area contributed by atoms with Crippen molar-refractivity contribution in [2.45, 2.75) is 6.61 Å². The number of nitrogens with one attached hydrogen (secondary N) is 2. The van der Waals surface area contributed by atoms with Gasteiger partial charge in [0.1, 0.15) is 30.3 Å². The Labute approximate surface area is 135 Å². The number of nitrogens with zero attached hydrogens (tertiary/aromatic N) is 2. The molecule has 2 N–H and O–H groups in total. The van der Waals surface area contributed by atoms with Crippen molar-refractivity contribution in [1.29, 1.82) is 0 Å². The molecule has 3 rings (SSSR count). The van der Waals surface area contributed by atoms with Crippen molar-refractivity contribution in [2.24, 2.45) is 0 Å². The van der Waals surface area contributed by atoms with E-state index in [-0.39, 0.29) is 0 Å². The molecule has 3 aromatic rings. The van der Waals surface area contributed by atoms with Gasteiger partial charge in [-0.2, -0.15) is 0 Å². The van der Waals surface area contributed by atoms with Gasteiger partial charge in [-0.3, -0.25) is 0 Å². The number of aromatic nitrogens is 2. The van der Waals surface area contributed by atoms with Gasteiger partial charge in [0.05, 0.1) is 0 Å². The second-order valence-electron chi connectivity index (χ2n) is 4.96. The number of rotatable bonds is 6. The Balaban J connectivity index is 1.60. The quantitative estimate of drug-likeness (QED) is 0.724. The molecule has 0 bridgehead atoms. The summed E-state index contributed by atoms with van der Waals surface area (Å²) in [4.78, 5) is 8.27. The van der Waals surface area contributed by atoms with E-state index in [4.69, 9.17) is 4.74 Å². The molecule has 0 aliphatic rings. The number of hydrogen-bond donors (Lipinski definition) is 2. The van der Waals surface area contributed by atoms with Crippen molar-refractivity contribution in [1.82, 2.24) is 9.97 Å². The van der Waals surface area contributed by atoms with Crippen LogP contribution < -0.4 is 15.4 Å². The smallest absolute Gasteiger partial charge is 0.135 e. The Morgan fingerprint density at radius 1 is 0.913 bits per heavy atom. The zero-order chi connectivity index (χ0) is 15.9. The maximum atomic E-state index is 5.77. The van der Waals surface area contributed by atoms with Crippen LogP contribution in [0.15, 0.2) is 67.0 Å². The first-order chi connectivity index (χ1) is 11.3. The summed E-state index contributed by atoms with van der Waals surface area (Å²) in [6.45, 7) is 0.561. The van der Waals surface area contributed by atoms with Gasteiger partial charge in [-0.05, 0) is 29.8 Å². The molecule has 0 fully saturated rings. The summed E-state index contributed by atoms with van der Waals surface area (Å²) in [5.41, 5.74) is 2.09. The standard InChI is InChI=1S/C18H18N4O/c1-19-17-11-18(21-13-20-17)22-15-7-9-16(10-8-15)23-12-14-5-3-2-4-6-14/h2-11,13H,12H2,1H3,(H2,19,20,21,22). The Hall–Kier alpha value is -3.08. The van der Waals surface area contributed by atoms with Gasteiger partial charge >= 0.3 is 0 Å². The second-order valence-corrected chi connectivity index (χ2v) is 4.96. The Kier molecular flexibility index (Phi) is 4.69. The maximum Gasteiger partial charge on any atom is 0.135 e. The van der Waals surface area contributed by atoms with Crippen LogP contribution in [0.3, 0.4) is 0 Å². The third kappa shape index (κ3) is 4.20. The normalized spacial score (nSPS) is 10.1. The molecule has 0 atom stereocenters. The highest BCUT2D eigenvalue weighted by Gasteiger charge is 2.00. The van der Waals surface area contributed by atoms with Crippen LogP contribution in [-0.2, 0) is 6.61 Å². The van der Waals surface area contributed by atoms with Crippen LogP contribution in [0.25, 0.3) is 0 Å². The van der Waals surface area contributed by atoms with E-state index >= 15 is 0 Å². The van der Waals surface area contributed by atoms with Crippen molar-refractivity contribution < 1.29 is 4.74 Å². The van der Waals surface area contributed by atoms with Gasteiger partial charge in [0.15, 0.2) is 0 Å². The lowest BCUT2D eigenvalue weighted by Crippen LogP contribution is -1.98. The van der Waals surface area contributed by atoms with Gasteiger partial charge in [-0.15, -0.1) is 0 Å². The molecular weight excluding hydrogens is 288 g/mol. The van der Waals surface area contributed by atoms with Crippen molar-refractivity contribution >= 4 is 17.3 Å². The summed E-state index contributed by atoms with van der Waals surface area (Å²) < 4.78 is 5.77. The van der Waals surface area contributed by atoms with E-state index < -0.39 is 0 Å². The number of anilines is 3. The Morgan fingerprint density at radius 3 is 2.39 bits per heavy atom. The highest BCUT2D eigenvalue weighted by Crippen LogP contribution is 2.20. The largest absolute Gasteiger partial charge is 0.489 e. The third-order valence-electron chi connectivity index (χ3n) is 3.30. The van der Waals surface area contributed by atoms with Crippen LogP contribution in [0.4, 0.5) is 17.3 Å². The zero-order valence-electron chi connectivity index (χ0n) is 12.9. The predicted molar refractivity (Wildman–Crippen MR) is 92.1 cm³/mol. The summed E-state index contributed by atoms with van der Waals surface area (Å²) in [5.74, 6) is 2.34. The van der Waals surface area contributed by atoms with E-state index in [0.717, 1.165) is 28.6 Å². The molecule has 2 aromatic carbocycles. The van der Waals surface area contributed by atoms with Crippen molar-refractivity contribution in [3.8, 4) is 5.75 Å². The monoisotopic (exact) mass is 306 g/mol. The summed E-state index contributed by atoms with van der Waals surface area (Å²) in [7, 11) is 1.82. The topological polar surface area (TPSA) is 59.1 Å². The van der Waals surface area contributed by atoms with Crippen LogP contribution in [-0.4, -0.2) is 17.0 Å². The number of benzene rings is 2. The van der Waals surface area contributed by atoms with E-state index in [9.17, 15) is 0 Å². The fourth-order valence-electron chi connectivity index (χ4n) is 2.09. The molecule has 116 valence electrons. The molecule has 0 saturated carbocycles. The van der Waals surface area contributed by atoms with Gasteiger partial charge in [0.2, 0.25) is 0 Å². The highest BCUT2D eigenvalue weighted by atomic mass is 16.5.